The molecule has 0 aliphatic carbocycles. The normalized spacial score (nSPS) is 9.68. The molecule has 0 saturated heterocycles. The number of amides is 1. The van der Waals surface area contributed by atoms with E-state index in [9.17, 15) is 4.79 Å². The summed E-state index contributed by atoms with van der Waals surface area (Å²) in [6, 6.07) is 9.52. The van der Waals surface area contributed by atoms with Gasteiger partial charge in [-0.05, 0) is 36.4 Å². The van der Waals surface area contributed by atoms with E-state index in [4.69, 9.17) is 5.11 Å². The van der Waals surface area contributed by atoms with Crippen molar-refractivity contribution >= 4 is 11.6 Å². The maximum Gasteiger partial charge on any atom is 0.269 e. The summed E-state index contributed by atoms with van der Waals surface area (Å²) in [7, 11) is 0. The minimum absolute atomic E-state index is 0.116. The first-order valence-corrected chi connectivity index (χ1v) is 5.61. The number of nitrogens with zero attached hydrogens (tertiary/aromatic N) is 1. The van der Waals surface area contributed by atoms with Gasteiger partial charge in [-0.15, -0.1) is 0 Å². The van der Waals surface area contributed by atoms with E-state index in [1.165, 1.54) is 24.3 Å². The molecule has 0 spiro atoms. The van der Waals surface area contributed by atoms with Gasteiger partial charge in [0.1, 0.15) is 5.75 Å². The second kappa shape index (κ2) is 5.68. The van der Waals surface area contributed by atoms with Crippen molar-refractivity contribution in [3.8, 4) is 5.75 Å². The lowest BCUT2D eigenvalue weighted by Gasteiger charge is -2.11. The summed E-state index contributed by atoms with van der Waals surface area (Å²) in [4.78, 5) is 15.7. The Bertz CT molecular complexity index is 579. The van der Waals surface area contributed by atoms with Crippen LogP contribution in [0.2, 0.25) is 0 Å². The van der Waals surface area contributed by atoms with E-state index in [1.54, 1.807) is 24.5 Å². The van der Waals surface area contributed by atoms with Crippen LogP contribution in [0, 0.1) is 0 Å². The third-order valence-corrected chi connectivity index (χ3v) is 2.49. The van der Waals surface area contributed by atoms with Crippen LogP contribution in [-0.2, 0) is 0 Å². The lowest BCUT2D eigenvalue weighted by Crippen LogP contribution is -2.35. The van der Waals surface area contributed by atoms with E-state index < -0.39 is 0 Å². The molecule has 0 atom stereocenters. The summed E-state index contributed by atoms with van der Waals surface area (Å²) in [5, 5.41) is 9.14. The Morgan fingerprint density at radius 2 is 1.63 bits per heavy atom. The number of carbonyl (C=O) groups is 1. The summed E-state index contributed by atoms with van der Waals surface area (Å²) >= 11 is 0. The Hall–Kier alpha value is -2.82. The third kappa shape index (κ3) is 3.32. The van der Waals surface area contributed by atoms with E-state index in [2.05, 4.69) is 22.4 Å². The Morgan fingerprint density at radius 1 is 1.00 bits per heavy atom. The zero-order chi connectivity index (χ0) is 13.7. The molecule has 0 bridgehead atoms. The molecule has 1 aromatic carbocycles. The number of aromatic hydroxyl groups is 1. The number of phenols is 1. The minimum atomic E-state index is -0.310. The number of rotatable bonds is 4. The molecule has 0 unspecified atom stereocenters. The maximum absolute atomic E-state index is 11.8. The van der Waals surface area contributed by atoms with Crippen LogP contribution in [0.4, 0.5) is 0 Å². The third-order valence-electron chi connectivity index (χ3n) is 2.49. The number of aromatic nitrogens is 1. The van der Waals surface area contributed by atoms with Gasteiger partial charge in [-0.2, -0.15) is 0 Å². The Balaban J connectivity index is 1.94. The van der Waals surface area contributed by atoms with E-state index in [0.717, 1.165) is 5.56 Å². The van der Waals surface area contributed by atoms with Crippen LogP contribution in [0.5, 0.6) is 5.75 Å². The average molecular weight is 255 g/mol. The first-order chi connectivity index (χ1) is 9.16. The second-order valence-corrected chi connectivity index (χ2v) is 3.84. The van der Waals surface area contributed by atoms with Crippen LogP contribution < -0.4 is 10.9 Å². The van der Waals surface area contributed by atoms with E-state index >= 15 is 0 Å². The predicted molar refractivity (Wildman–Crippen MR) is 72.0 cm³/mol. The molecule has 5 heteroatoms. The molecule has 2 aromatic rings. The minimum Gasteiger partial charge on any atom is -0.508 e. The van der Waals surface area contributed by atoms with E-state index in [1.807, 2.05) is 0 Å². The number of phenolic OH excluding ortho intramolecular Hbond substituents is 1. The van der Waals surface area contributed by atoms with Gasteiger partial charge in [0.25, 0.3) is 5.91 Å². The van der Waals surface area contributed by atoms with Gasteiger partial charge in [-0.25, -0.2) is 0 Å². The number of pyridine rings is 1. The van der Waals surface area contributed by atoms with Crippen LogP contribution in [0.3, 0.4) is 0 Å². The molecule has 0 radical (unpaired) electrons. The molecular weight excluding hydrogens is 242 g/mol. The number of hydrogen-bond acceptors (Lipinski definition) is 4. The van der Waals surface area contributed by atoms with Crippen LogP contribution in [0.15, 0.2) is 55.4 Å². The highest BCUT2D eigenvalue weighted by atomic mass is 16.3. The highest BCUT2D eigenvalue weighted by molar-refractivity contribution is 5.94. The Kier molecular flexibility index (Phi) is 3.78. The van der Waals surface area contributed by atoms with Gasteiger partial charge in [-0.1, -0.05) is 6.58 Å². The number of hydrogen-bond donors (Lipinski definition) is 3. The van der Waals surface area contributed by atoms with Crippen molar-refractivity contribution in [2.75, 3.05) is 0 Å². The molecule has 3 N–H and O–H groups in total. The predicted octanol–water partition coefficient (Wildman–Crippen LogP) is 1.69. The smallest absolute Gasteiger partial charge is 0.269 e. The molecule has 0 saturated carbocycles. The number of carbonyl (C=O) groups excluding carboxylic acids is 1. The summed E-state index contributed by atoms with van der Waals surface area (Å²) < 4.78 is 0. The highest BCUT2D eigenvalue weighted by Crippen LogP contribution is 2.09. The molecule has 96 valence electrons. The molecule has 1 heterocycles. The van der Waals surface area contributed by atoms with Crippen LogP contribution in [0.25, 0.3) is 5.70 Å². The van der Waals surface area contributed by atoms with E-state index in [0.29, 0.717) is 11.3 Å². The topological polar surface area (TPSA) is 74.2 Å². The van der Waals surface area contributed by atoms with Gasteiger partial charge in [0.15, 0.2) is 0 Å². The van der Waals surface area contributed by atoms with Gasteiger partial charge in [0.05, 0.1) is 5.70 Å². The zero-order valence-corrected chi connectivity index (χ0v) is 10.1. The standard InChI is InChI=1S/C14H13N3O2/c1-10(11-6-8-15-9-7-11)16-17-14(19)12-2-4-13(18)5-3-12/h2-9,16,18H,1H2,(H,17,19). The van der Waals surface area contributed by atoms with Crippen molar-refractivity contribution in [3.63, 3.8) is 0 Å². The molecule has 2 rings (SSSR count). The molecule has 1 aromatic heterocycles. The van der Waals surface area contributed by atoms with Gasteiger partial charge in [0, 0.05) is 23.5 Å². The largest absolute Gasteiger partial charge is 0.508 e. The fourth-order valence-corrected chi connectivity index (χ4v) is 1.44. The van der Waals surface area contributed by atoms with Crippen molar-refractivity contribution in [2.45, 2.75) is 0 Å². The number of nitrogens with one attached hydrogen (secondary N) is 2. The summed E-state index contributed by atoms with van der Waals surface area (Å²) in [6.07, 6.45) is 3.29. The maximum atomic E-state index is 11.8. The zero-order valence-electron chi connectivity index (χ0n) is 10.1. The second-order valence-electron chi connectivity index (χ2n) is 3.84. The molecule has 1 amide bonds. The summed E-state index contributed by atoms with van der Waals surface area (Å²) in [6.45, 7) is 3.81. The van der Waals surface area contributed by atoms with Crippen molar-refractivity contribution in [1.82, 2.24) is 15.8 Å². The number of benzene rings is 1. The fraction of sp³-hybridized carbons (Fsp3) is 0. The molecule has 0 aliphatic rings. The first-order valence-electron chi connectivity index (χ1n) is 5.61. The van der Waals surface area contributed by atoms with Crippen LogP contribution in [0.1, 0.15) is 15.9 Å². The van der Waals surface area contributed by atoms with Gasteiger partial charge in [-0.3, -0.25) is 20.6 Å². The van der Waals surface area contributed by atoms with Crippen molar-refractivity contribution in [1.29, 1.82) is 0 Å². The Morgan fingerprint density at radius 3 is 2.26 bits per heavy atom. The Labute approximate surface area is 110 Å². The quantitative estimate of drug-likeness (QED) is 0.727. The molecule has 19 heavy (non-hydrogen) atoms. The molecule has 0 aliphatic heterocycles. The van der Waals surface area contributed by atoms with Gasteiger partial charge in [0.2, 0.25) is 0 Å². The SMILES string of the molecule is C=C(NNC(=O)c1ccc(O)cc1)c1ccncc1. The average Bonchev–Trinajstić information content (AvgIpc) is 2.46. The summed E-state index contributed by atoms with van der Waals surface area (Å²) in [5.41, 5.74) is 7.09. The van der Waals surface area contributed by atoms with Crippen LogP contribution >= 0.6 is 0 Å². The highest BCUT2D eigenvalue weighted by Gasteiger charge is 2.05. The lowest BCUT2D eigenvalue weighted by atomic mass is 10.2. The fourth-order valence-electron chi connectivity index (χ4n) is 1.44. The molecule has 0 fully saturated rings. The number of hydrazine groups is 1. The lowest BCUT2D eigenvalue weighted by molar-refractivity contribution is 0.0942. The summed E-state index contributed by atoms with van der Waals surface area (Å²) in [5.74, 6) is -0.194. The molecular formula is C14H13N3O2. The van der Waals surface area contributed by atoms with E-state index in [-0.39, 0.29) is 11.7 Å². The van der Waals surface area contributed by atoms with Crippen molar-refractivity contribution in [2.24, 2.45) is 0 Å². The monoisotopic (exact) mass is 255 g/mol. The van der Waals surface area contributed by atoms with Crippen molar-refractivity contribution < 1.29 is 9.90 Å². The van der Waals surface area contributed by atoms with Gasteiger partial charge < -0.3 is 5.11 Å². The first kappa shape index (κ1) is 12.6. The molecule has 5 nitrogen and oxygen atoms in total. The van der Waals surface area contributed by atoms with Crippen molar-refractivity contribution in [3.05, 3.63) is 66.5 Å². The van der Waals surface area contributed by atoms with Gasteiger partial charge >= 0.3 is 0 Å². The van der Waals surface area contributed by atoms with Crippen LogP contribution in [-0.4, -0.2) is 16.0 Å².